The molecule has 0 bridgehead atoms. The fraction of sp³-hybridized carbons (Fsp3) is 0.550. The molecule has 1 aromatic carbocycles. The molecule has 0 unspecified atom stereocenters. The van der Waals surface area contributed by atoms with Crippen molar-refractivity contribution in [3.63, 3.8) is 0 Å². The first-order valence-corrected chi connectivity index (χ1v) is 9.63. The van der Waals surface area contributed by atoms with Crippen molar-refractivity contribution in [2.75, 3.05) is 26.2 Å². The summed E-state index contributed by atoms with van der Waals surface area (Å²) in [4.78, 5) is 39.7. The van der Waals surface area contributed by atoms with Crippen molar-refractivity contribution in [3.05, 3.63) is 29.8 Å². The second kappa shape index (κ2) is 8.18. The Morgan fingerprint density at radius 3 is 2.54 bits per heavy atom. The van der Waals surface area contributed by atoms with Crippen LogP contribution in [0.5, 0.6) is 5.75 Å². The van der Waals surface area contributed by atoms with Crippen molar-refractivity contribution in [1.29, 1.82) is 0 Å². The van der Waals surface area contributed by atoms with Crippen LogP contribution in [0.1, 0.15) is 43.5 Å². The number of aliphatic hydroxyl groups is 1. The van der Waals surface area contributed by atoms with Crippen LogP contribution in [0.4, 0.5) is 4.79 Å². The number of imide groups is 1. The van der Waals surface area contributed by atoms with Crippen molar-refractivity contribution in [2.24, 2.45) is 0 Å². The van der Waals surface area contributed by atoms with Crippen LogP contribution in [0.2, 0.25) is 0 Å². The van der Waals surface area contributed by atoms with Crippen molar-refractivity contribution < 1.29 is 24.2 Å². The standard InChI is InChI=1S/C20H27N3O5/c1-20(2)18(26)23(19(27)21-20)12-14(24)13-28-16-9-5-4-8-15(16)17(25)22-10-6-3-7-11-22/h4-5,8-9,14,24H,3,6-7,10-13H2,1-2H3,(H,21,27)/t14-/m0/s1. The summed E-state index contributed by atoms with van der Waals surface area (Å²) in [6, 6.07) is 6.39. The molecule has 1 atom stereocenters. The Balaban J connectivity index is 1.61. The number of rotatable bonds is 6. The topological polar surface area (TPSA) is 99.2 Å². The van der Waals surface area contributed by atoms with E-state index in [0.29, 0.717) is 11.3 Å². The summed E-state index contributed by atoms with van der Waals surface area (Å²) >= 11 is 0. The Hall–Kier alpha value is -2.61. The van der Waals surface area contributed by atoms with Gasteiger partial charge in [-0.15, -0.1) is 0 Å². The average Bonchev–Trinajstić information content (AvgIpc) is 2.88. The molecular formula is C20H27N3O5. The lowest BCUT2D eigenvalue weighted by Crippen LogP contribution is -2.42. The van der Waals surface area contributed by atoms with Gasteiger partial charge in [-0.1, -0.05) is 12.1 Å². The minimum absolute atomic E-state index is 0.0827. The highest BCUT2D eigenvalue weighted by atomic mass is 16.5. The molecule has 2 N–H and O–H groups in total. The molecule has 2 heterocycles. The smallest absolute Gasteiger partial charge is 0.325 e. The molecule has 0 saturated carbocycles. The van der Waals surface area contributed by atoms with E-state index in [0.717, 1.165) is 37.3 Å². The van der Waals surface area contributed by atoms with Crippen LogP contribution < -0.4 is 10.1 Å². The SMILES string of the molecule is CC1(C)NC(=O)N(C[C@H](O)COc2ccccc2C(=O)N2CCCCC2)C1=O. The van der Waals surface area contributed by atoms with Gasteiger partial charge in [-0.2, -0.15) is 0 Å². The van der Waals surface area contributed by atoms with E-state index < -0.39 is 23.6 Å². The second-order valence-corrected chi connectivity index (χ2v) is 7.78. The van der Waals surface area contributed by atoms with Crippen molar-refractivity contribution in [1.82, 2.24) is 15.1 Å². The van der Waals surface area contributed by atoms with Gasteiger partial charge in [-0.05, 0) is 45.2 Å². The fourth-order valence-electron chi connectivity index (χ4n) is 3.47. The average molecular weight is 389 g/mol. The molecule has 0 aromatic heterocycles. The molecule has 28 heavy (non-hydrogen) atoms. The summed E-state index contributed by atoms with van der Waals surface area (Å²) in [6.07, 6.45) is 2.06. The molecule has 3 rings (SSSR count). The van der Waals surface area contributed by atoms with Crippen molar-refractivity contribution >= 4 is 17.8 Å². The van der Waals surface area contributed by atoms with Crippen LogP contribution in [-0.2, 0) is 4.79 Å². The zero-order valence-corrected chi connectivity index (χ0v) is 16.3. The number of nitrogens with one attached hydrogen (secondary N) is 1. The van der Waals surface area contributed by atoms with Crippen molar-refractivity contribution in [3.8, 4) is 5.75 Å². The van der Waals surface area contributed by atoms with Gasteiger partial charge in [0.2, 0.25) is 0 Å². The first-order chi connectivity index (χ1) is 13.3. The number of para-hydroxylation sites is 1. The number of likely N-dealkylation sites (tertiary alicyclic amines) is 1. The number of aliphatic hydroxyl groups excluding tert-OH is 1. The predicted octanol–water partition coefficient (Wildman–Crippen LogP) is 1.38. The molecule has 8 nitrogen and oxygen atoms in total. The molecule has 152 valence electrons. The van der Waals surface area contributed by atoms with Gasteiger partial charge in [0.05, 0.1) is 12.1 Å². The van der Waals surface area contributed by atoms with E-state index in [1.165, 1.54) is 0 Å². The number of benzene rings is 1. The zero-order chi connectivity index (χ0) is 20.3. The largest absolute Gasteiger partial charge is 0.490 e. The number of amides is 4. The third-order valence-corrected chi connectivity index (χ3v) is 5.03. The molecular weight excluding hydrogens is 362 g/mol. The quantitative estimate of drug-likeness (QED) is 0.716. The van der Waals surface area contributed by atoms with Gasteiger partial charge in [-0.3, -0.25) is 14.5 Å². The number of hydrogen-bond acceptors (Lipinski definition) is 5. The number of carbonyl (C=O) groups excluding carboxylic acids is 3. The van der Waals surface area contributed by atoms with Gasteiger partial charge in [0, 0.05) is 13.1 Å². The van der Waals surface area contributed by atoms with E-state index in [4.69, 9.17) is 4.74 Å². The zero-order valence-electron chi connectivity index (χ0n) is 16.3. The monoisotopic (exact) mass is 389 g/mol. The van der Waals surface area contributed by atoms with Gasteiger partial charge >= 0.3 is 6.03 Å². The minimum atomic E-state index is -1.07. The van der Waals surface area contributed by atoms with E-state index in [-0.39, 0.29) is 19.1 Å². The maximum Gasteiger partial charge on any atom is 0.325 e. The molecule has 0 spiro atoms. The van der Waals surface area contributed by atoms with Gasteiger partial charge in [0.15, 0.2) is 0 Å². The van der Waals surface area contributed by atoms with Crippen LogP contribution in [-0.4, -0.2) is 70.6 Å². The maximum absolute atomic E-state index is 12.8. The van der Waals surface area contributed by atoms with Gasteiger partial charge in [0.25, 0.3) is 11.8 Å². The molecule has 0 radical (unpaired) electrons. The number of piperidine rings is 1. The number of nitrogens with zero attached hydrogens (tertiary/aromatic N) is 2. The van der Waals surface area contributed by atoms with Crippen LogP contribution in [0.25, 0.3) is 0 Å². The molecule has 2 aliphatic rings. The van der Waals surface area contributed by atoms with Crippen LogP contribution >= 0.6 is 0 Å². The highest BCUT2D eigenvalue weighted by Gasteiger charge is 2.44. The summed E-state index contributed by atoms with van der Waals surface area (Å²) < 4.78 is 5.68. The molecule has 4 amide bonds. The lowest BCUT2D eigenvalue weighted by Gasteiger charge is -2.27. The van der Waals surface area contributed by atoms with E-state index >= 15 is 0 Å². The first kappa shape index (κ1) is 20.1. The molecule has 2 saturated heterocycles. The number of ether oxygens (including phenoxy) is 1. The number of urea groups is 1. The van der Waals surface area contributed by atoms with Crippen LogP contribution in [0.3, 0.4) is 0 Å². The Morgan fingerprint density at radius 2 is 1.89 bits per heavy atom. The summed E-state index contributed by atoms with van der Waals surface area (Å²) in [6.45, 7) is 4.38. The lowest BCUT2D eigenvalue weighted by molar-refractivity contribution is -0.131. The molecule has 8 heteroatoms. The van der Waals surface area contributed by atoms with Gasteiger partial charge in [0.1, 0.15) is 24.0 Å². The molecule has 0 aliphatic carbocycles. The summed E-state index contributed by atoms with van der Waals surface area (Å²) in [5.41, 5.74) is -0.529. The third-order valence-electron chi connectivity index (χ3n) is 5.03. The molecule has 1 aromatic rings. The van der Waals surface area contributed by atoms with Gasteiger partial charge < -0.3 is 20.1 Å². The summed E-state index contributed by atoms with van der Waals surface area (Å²) in [7, 11) is 0. The van der Waals surface area contributed by atoms with E-state index in [9.17, 15) is 19.5 Å². The first-order valence-electron chi connectivity index (χ1n) is 9.63. The normalized spacial score (nSPS) is 20.1. The molecule has 2 aliphatic heterocycles. The Bertz CT molecular complexity index is 758. The Kier molecular flexibility index (Phi) is 5.88. The summed E-state index contributed by atoms with van der Waals surface area (Å²) in [5.74, 6) is -0.0903. The minimum Gasteiger partial charge on any atom is -0.490 e. The number of β-amino-alcohol motifs (C(OH)–C–C–N with tert-alkyl or cyclic N) is 1. The van der Waals surface area contributed by atoms with Gasteiger partial charge in [-0.25, -0.2) is 4.79 Å². The number of carbonyl (C=O) groups is 3. The van der Waals surface area contributed by atoms with E-state index in [1.54, 1.807) is 38.1 Å². The van der Waals surface area contributed by atoms with Crippen LogP contribution in [0, 0.1) is 0 Å². The third kappa shape index (κ3) is 4.27. The van der Waals surface area contributed by atoms with E-state index in [2.05, 4.69) is 5.32 Å². The predicted molar refractivity (Wildman–Crippen MR) is 102 cm³/mol. The fourth-order valence-corrected chi connectivity index (χ4v) is 3.47. The van der Waals surface area contributed by atoms with Crippen LogP contribution in [0.15, 0.2) is 24.3 Å². The number of hydrogen-bond donors (Lipinski definition) is 2. The summed E-state index contributed by atoms with van der Waals surface area (Å²) in [5, 5.41) is 12.8. The maximum atomic E-state index is 12.8. The van der Waals surface area contributed by atoms with E-state index in [1.807, 2.05) is 4.90 Å². The highest BCUT2D eigenvalue weighted by Crippen LogP contribution is 2.22. The Morgan fingerprint density at radius 1 is 1.21 bits per heavy atom. The highest BCUT2D eigenvalue weighted by molar-refractivity contribution is 6.06. The lowest BCUT2D eigenvalue weighted by atomic mass is 10.1. The Labute approximate surface area is 164 Å². The molecule has 2 fully saturated rings. The second-order valence-electron chi connectivity index (χ2n) is 7.78. The van der Waals surface area contributed by atoms with Crippen molar-refractivity contribution in [2.45, 2.75) is 44.8 Å².